The molecule has 0 amide bonds. The summed E-state index contributed by atoms with van der Waals surface area (Å²) in [5, 5.41) is 8.02. The third-order valence-corrected chi connectivity index (χ3v) is 3.93. The van der Waals surface area contributed by atoms with Crippen molar-refractivity contribution in [2.75, 3.05) is 31.1 Å². The van der Waals surface area contributed by atoms with Crippen LogP contribution in [0.15, 0.2) is 22.9 Å². The van der Waals surface area contributed by atoms with Crippen LogP contribution in [0, 0.1) is 5.82 Å². The van der Waals surface area contributed by atoms with E-state index in [9.17, 15) is 4.39 Å². The van der Waals surface area contributed by atoms with Gasteiger partial charge >= 0.3 is 0 Å². The van der Waals surface area contributed by atoms with Gasteiger partial charge in [-0.3, -0.25) is 9.58 Å². The zero-order valence-corrected chi connectivity index (χ0v) is 13.3. The van der Waals surface area contributed by atoms with Gasteiger partial charge in [-0.25, -0.2) is 9.37 Å². The minimum atomic E-state index is -0.285. The molecule has 0 unspecified atom stereocenters. The van der Waals surface area contributed by atoms with Crippen LogP contribution in [0.2, 0.25) is 0 Å². The van der Waals surface area contributed by atoms with Crippen molar-refractivity contribution < 1.29 is 4.39 Å². The van der Waals surface area contributed by atoms with E-state index in [-0.39, 0.29) is 5.82 Å². The maximum absolute atomic E-state index is 13.9. The number of halogens is 2. The minimum absolute atomic E-state index is 0.285. The molecular weight excluding hydrogens is 339 g/mol. The Morgan fingerprint density at radius 3 is 2.67 bits per heavy atom. The third-order valence-electron chi connectivity index (χ3n) is 3.50. The number of piperazine rings is 1. The van der Waals surface area contributed by atoms with Crippen LogP contribution in [-0.2, 0) is 13.6 Å². The predicted molar refractivity (Wildman–Crippen MR) is 80.4 cm³/mol. The Labute approximate surface area is 130 Å². The molecule has 2 aromatic heterocycles. The van der Waals surface area contributed by atoms with Crippen molar-refractivity contribution >= 4 is 21.7 Å². The number of nitrogens with zero attached hydrogens (tertiary/aromatic N) is 6. The molecule has 2 aromatic rings. The van der Waals surface area contributed by atoms with Gasteiger partial charge in [-0.1, -0.05) is 5.21 Å². The number of aryl methyl sites for hydroxylation is 1. The summed E-state index contributed by atoms with van der Waals surface area (Å²) in [7, 11) is 1.86. The Kier molecular flexibility index (Phi) is 4.16. The lowest BCUT2D eigenvalue weighted by Gasteiger charge is -2.35. The Morgan fingerprint density at radius 1 is 1.29 bits per heavy atom. The lowest BCUT2D eigenvalue weighted by atomic mass is 10.3. The van der Waals surface area contributed by atoms with Gasteiger partial charge in [0.2, 0.25) is 0 Å². The first-order valence-electron chi connectivity index (χ1n) is 6.75. The number of hydrogen-bond acceptors (Lipinski definition) is 5. The second-order valence-electron chi connectivity index (χ2n) is 5.11. The summed E-state index contributed by atoms with van der Waals surface area (Å²) in [4.78, 5) is 8.44. The van der Waals surface area contributed by atoms with E-state index < -0.39 is 0 Å². The maximum Gasteiger partial charge on any atom is 0.166 e. The second kappa shape index (κ2) is 6.07. The zero-order valence-electron chi connectivity index (χ0n) is 11.7. The number of pyridine rings is 1. The molecule has 6 nitrogen and oxygen atoms in total. The molecule has 112 valence electrons. The molecular formula is C13H16BrFN6. The van der Waals surface area contributed by atoms with Gasteiger partial charge in [0.25, 0.3) is 0 Å². The van der Waals surface area contributed by atoms with Crippen LogP contribution in [0.3, 0.4) is 0 Å². The highest BCUT2D eigenvalue weighted by Crippen LogP contribution is 2.21. The lowest BCUT2D eigenvalue weighted by molar-refractivity contribution is 0.246. The fourth-order valence-electron chi connectivity index (χ4n) is 2.45. The summed E-state index contributed by atoms with van der Waals surface area (Å²) in [5.41, 5.74) is 0.957. The van der Waals surface area contributed by atoms with Gasteiger partial charge in [0.1, 0.15) is 0 Å². The topological polar surface area (TPSA) is 50.1 Å². The zero-order chi connectivity index (χ0) is 14.8. The molecule has 3 heterocycles. The van der Waals surface area contributed by atoms with Crippen molar-refractivity contribution in [3.8, 4) is 0 Å². The van der Waals surface area contributed by atoms with Gasteiger partial charge in [-0.05, 0) is 22.0 Å². The number of anilines is 1. The van der Waals surface area contributed by atoms with E-state index in [1.165, 1.54) is 6.07 Å². The molecule has 3 rings (SSSR count). The second-order valence-corrected chi connectivity index (χ2v) is 6.02. The van der Waals surface area contributed by atoms with Gasteiger partial charge in [0, 0.05) is 56.6 Å². The summed E-state index contributed by atoms with van der Waals surface area (Å²) < 4.78 is 16.3. The van der Waals surface area contributed by atoms with E-state index in [0.29, 0.717) is 10.3 Å². The Hall–Kier alpha value is -1.54. The molecule has 0 radical (unpaired) electrons. The monoisotopic (exact) mass is 354 g/mol. The summed E-state index contributed by atoms with van der Waals surface area (Å²) >= 11 is 3.22. The highest BCUT2D eigenvalue weighted by atomic mass is 79.9. The van der Waals surface area contributed by atoms with Crippen molar-refractivity contribution in [2.45, 2.75) is 6.54 Å². The molecule has 0 aromatic carbocycles. The molecule has 0 N–H and O–H groups in total. The number of aromatic nitrogens is 4. The van der Waals surface area contributed by atoms with Crippen LogP contribution < -0.4 is 4.90 Å². The van der Waals surface area contributed by atoms with E-state index in [0.717, 1.165) is 38.4 Å². The minimum Gasteiger partial charge on any atom is -0.352 e. The van der Waals surface area contributed by atoms with Crippen molar-refractivity contribution in [3.63, 3.8) is 0 Å². The molecule has 0 atom stereocenters. The summed E-state index contributed by atoms with van der Waals surface area (Å²) in [6.45, 7) is 4.00. The Balaban J connectivity index is 1.59. The molecule has 1 aliphatic heterocycles. The van der Waals surface area contributed by atoms with Crippen molar-refractivity contribution in [2.24, 2.45) is 7.05 Å². The first-order chi connectivity index (χ1) is 10.1. The molecule has 0 bridgehead atoms. The Bertz CT molecular complexity index is 623. The number of hydrogen-bond donors (Lipinski definition) is 0. The maximum atomic E-state index is 13.9. The Morgan fingerprint density at radius 2 is 2.05 bits per heavy atom. The summed E-state index contributed by atoms with van der Waals surface area (Å²) in [6, 6.07) is 1.45. The van der Waals surface area contributed by atoms with E-state index in [1.807, 2.05) is 18.1 Å². The fraction of sp³-hybridized carbons (Fsp3) is 0.462. The van der Waals surface area contributed by atoms with E-state index >= 15 is 0 Å². The van der Waals surface area contributed by atoms with Gasteiger partial charge < -0.3 is 4.90 Å². The van der Waals surface area contributed by atoms with Crippen molar-refractivity contribution in [1.82, 2.24) is 24.9 Å². The summed E-state index contributed by atoms with van der Waals surface area (Å²) in [6.07, 6.45) is 3.55. The van der Waals surface area contributed by atoms with Crippen LogP contribution in [0.5, 0.6) is 0 Å². The van der Waals surface area contributed by atoms with Crippen LogP contribution in [-0.4, -0.2) is 51.1 Å². The van der Waals surface area contributed by atoms with Crippen molar-refractivity contribution in [1.29, 1.82) is 0 Å². The average Bonchev–Trinajstić information content (AvgIpc) is 2.85. The van der Waals surface area contributed by atoms with Crippen LogP contribution in [0.25, 0.3) is 0 Å². The lowest BCUT2D eigenvalue weighted by Crippen LogP contribution is -2.46. The third kappa shape index (κ3) is 3.38. The van der Waals surface area contributed by atoms with Gasteiger partial charge in [-0.2, -0.15) is 0 Å². The molecule has 21 heavy (non-hydrogen) atoms. The normalized spacial score (nSPS) is 16.4. The SMILES string of the molecule is Cn1cc(CN2CCN(c3ncc(Br)cc3F)CC2)nn1. The van der Waals surface area contributed by atoms with Gasteiger partial charge in [0.05, 0.1) is 5.69 Å². The van der Waals surface area contributed by atoms with E-state index in [2.05, 4.69) is 36.1 Å². The molecule has 0 saturated carbocycles. The molecule has 1 aliphatic rings. The molecule has 1 saturated heterocycles. The molecule has 0 spiro atoms. The van der Waals surface area contributed by atoms with Crippen molar-refractivity contribution in [3.05, 3.63) is 34.4 Å². The van der Waals surface area contributed by atoms with E-state index in [1.54, 1.807) is 10.9 Å². The molecule has 1 fully saturated rings. The van der Waals surface area contributed by atoms with Gasteiger partial charge in [0.15, 0.2) is 11.6 Å². The first-order valence-corrected chi connectivity index (χ1v) is 7.54. The number of rotatable bonds is 3. The first kappa shape index (κ1) is 14.4. The van der Waals surface area contributed by atoms with Gasteiger partial charge in [-0.15, -0.1) is 5.10 Å². The fourth-order valence-corrected chi connectivity index (χ4v) is 2.76. The largest absolute Gasteiger partial charge is 0.352 e. The smallest absolute Gasteiger partial charge is 0.166 e. The van der Waals surface area contributed by atoms with Crippen LogP contribution in [0.4, 0.5) is 10.2 Å². The highest BCUT2D eigenvalue weighted by Gasteiger charge is 2.21. The van der Waals surface area contributed by atoms with E-state index in [4.69, 9.17) is 0 Å². The summed E-state index contributed by atoms with van der Waals surface area (Å²) in [5.74, 6) is 0.143. The van der Waals surface area contributed by atoms with Crippen LogP contribution >= 0.6 is 15.9 Å². The standard InChI is InChI=1S/C13H16BrFN6/c1-19-8-11(17-18-19)9-20-2-4-21(5-3-20)13-12(15)6-10(14)7-16-13/h6-8H,2-5,9H2,1H3. The quantitative estimate of drug-likeness (QED) is 0.834. The predicted octanol–water partition coefficient (Wildman–Crippen LogP) is 1.43. The molecule has 0 aliphatic carbocycles. The van der Waals surface area contributed by atoms with Crippen LogP contribution in [0.1, 0.15) is 5.69 Å². The molecule has 8 heteroatoms. The highest BCUT2D eigenvalue weighted by molar-refractivity contribution is 9.10. The average molecular weight is 355 g/mol.